The molecule has 4 heteroatoms. The van der Waals surface area contributed by atoms with Crippen LogP contribution in [0, 0.1) is 0 Å². The Morgan fingerprint density at radius 3 is 2.62 bits per heavy atom. The van der Waals surface area contributed by atoms with E-state index in [9.17, 15) is 9.59 Å². The zero-order valence-corrected chi connectivity index (χ0v) is 12.2. The summed E-state index contributed by atoms with van der Waals surface area (Å²) in [6.45, 7) is 5.67. The van der Waals surface area contributed by atoms with E-state index in [4.69, 9.17) is 9.47 Å². The molecule has 1 saturated heterocycles. The van der Waals surface area contributed by atoms with E-state index >= 15 is 0 Å². The molecule has 112 valence electrons. The van der Waals surface area contributed by atoms with Crippen LogP contribution in [0.5, 0.6) is 0 Å². The van der Waals surface area contributed by atoms with Gasteiger partial charge in [0.15, 0.2) is 6.10 Å². The summed E-state index contributed by atoms with van der Waals surface area (Å²) in [5.41, 5.74) is -0.791. The third-order valence-electron chi connectivity index (χ3n) is 3.61. The van der Waals surface area contributed by atoms with Crippen molar-refractivity contribution >= 4 is 11.9 Å². The molecule has 0 bridgehead atoms. The predicted octanol–water partition coefficient (Wildman–Crippen LogP) is 3.12. The molecule has 1 aliphatic rings. The largest absolute Gasteiger partial charge is 0.447 e. The van der Waals surface area contributed by atoms with Crippen molar-refractivity contribution in [1.29, 1.82) is 0 Å². The maximum Gasteiger partial charge on any atom is 0.356 e. The monoisotopic (exact) mass is 288 g/mol. The fraction of sp³-hybridized carbons (Fsp3) is 0.412. The fourth-order valence-electron chi connectivity index (χ4n) is 2.45. The van der Waals surface area contributed by atoms with Gasteiger partial charge in [-0.05, 0) is 12.8 Å². The van der Waals surface area contributed by atoms with Gasteiger partial charge in [0.25, 0.3) is 0 Å². The van der Waals surface area contributed by atoms with Crippen LogP contribution in [0.3, 0.4) is 0 Å². The van der Waals surface area contributed by atoms with Gasteiger partial charge >= 0.3 is 11.9 Å². The number of carbonyl (C=O) groups excluding carboxylic acids is 2. The van der Waals surface area contributed by atoms with E-state index in [1.807, 2.05) is 13.0 Å². The molecule has 2 atom stereocenters. The first-order valence-corrected chi connectivity index (χ1v) is 7.24. The number of esters is 2. The zero-order chi connectivity index (χ0) is 15.3. The highest BCUT2D eigenvalue weighted by atomic mass is 16.7. The first kappa shape index (κ1) is 15.3. The Bertz CT molecular complexity index is 523. The number of rotatable bonds is 6. The van der Waals surface area contributed by atoms with Crippen LogP contribution in [0.25, 0.3) is 0 Å². The lowest BCUT2D eigenvalue weighted by atomic mass is 9.89. The van der Waals surface area contributed by atoms with Gasteiger partial charge in [-0.15, -0.1) is 6.58 Å². The normalized spacial score (nSPS) is 25.1. The van der Waals surface area contributed by atoms with Crippen molar-refractivity contribution in [3.05, 3.63) is 48.6 Å². The van der Waals surface area contributed by atoms with Crippen molar-refractivity contribution in [3.8, 4) is 0 Å². The molecule has 2 rings (SSSR count). The summed E-state index contributed by atoms with van der Waals surface area (Å²) in [5.74, 6) is -0.997. The van der Waals surface area contributed by atoms with Crippen LogP contribution in [0.4, 0.5) is 0 Å². The van der Waals surface area contributed by atoms with Crippen molar-refractivity contribution in [3.63, 3.8) is 0 Å². The Kier molecular flexibility index (Phi) is 4.78. The molecule has 1 aromatic carbocycles. The zero-order valence-electron chi connectivity index (χ0n) is 12.2. The van der Waals surface area contributed by atoms with Gasteiger partial charge in [-0.1, -0.05) is 49.8 Å². The molecule has 0 spiro atoms. The maximum absolute atomic E-state index is 12.5. The van der Waals surface area contributed by atoms with E-state index in [1.54, 1.807) is 30.3 Å². The minimum Gasteiger partial charge on any atom is -0.447 e. The molecule has 0 aromatic heterocycles. The molecule has 1 heterocycles. The van der Waals surface area contributed by atoms with Crippen LogP contribution in [-0.2, 0) is 24.7 Å². The Hall–Kier alpha value is -2.10. The van der Waals surface area contributed by atoms with Gasteiger partial charge in [-0.3, -0.25) is 0 Å². The van der Waals surface area contributed by atoms with Gasteiger partial charge in [0, 0.05) is 12.0 Å². The number of carbonyl (C=O) groups is 2. The number of unbranched alkanes of at least 4 members (excludes halogenated alkanes) is 1. The summed E-state index contributed by atoms with van der Waals surface area (Å²) in [6, 6.07) is 8.94. The molecule has 0 N–H and O–H groups in total. The fourth-order valence-corrected chi connectivity index (χ4v) is 2.45. The number of hydrogen-bond donors (Lipinski definition) is 0. The van der Waals surface area contributed by atoms with Crippen LogP contribution in [0.1, 0.15) is 38.2 Å². The van der Waals surface area contributed by atoms with E-state index in [0.717, 1.165) is 12.8 Å². The molecule has 0 aliphatic carbocycles. The van der Waals surface area contributed by atoms with Gasteiger partial charge in [0.1, 0.15) is 0 Å². The molecule has 4 nitrogen and oxygen atoms in total. The molecule has 0 saturated carbocycles. The molecular formula is C17H20O4. The van der Waals surface area contributed by atoms with Crippen LogP contribution in [-0.4, -0.2) is 18.0 Å². The summed E-state index contributed by atoms with van der Waals surface area (Å²) in [6.07, 6.45) is 3.21. The molecular weight excluding hydrogens is 268 g/mol. The van der Waals surface area contributed by atoms with Crippen molar-refractivity contribution in [2.75, 3.05) is 0 Å². The van der Waals surface area contributed by atoms with Gasteiger partial charge in [-0.2, -0.15) is 0 Å². The molecule has 21 heavy (non-hydrogen) atoms. The second-order valence-electron chi connectivity index (χ2n) is 5.14. The number of hydrogen-bond acceptors (Lipinski definition) is 4. The highest BCUT2D eigenvalue weighted by Gasteiger charge is 2.51. The topological polar surface area (TPSA) is 52.6 Å². The van der Waals surface area contributed by atoms with Crippen LogP contribution < -0.4 is 0 Å². The standard InChI is InChI=1S/C17H20O4/c1-3-5-11-14-15(18)21-17(12-4-2,16(19)20-14)13-9-7-6-8-10-13/h4,6-10,14H,2-3,5,11-12H2,1H3/t14?,17-/m0/s1. The van der Waals surface area contributed by atoms with E-state index in [-0.39, 0.29) is 6.42 Å². The molecule has 1 aromatic rings. The summed E-state index contributed by atoms with van der Waals surface area (Å²) in [7, 11) is 0. The number of cyclic esters (lactones) is 2. The molecule has 1 aliphatic heterocycles. The average molecular weight is 288 g/mol. The van der Waals surface area contributed by atoms with Crippen LogP contribution in [0.15, 0.2) is 43.0 Å². The third-order valence-corrected chi connectivity index (χ3v) is 3.61. The second kappa shape index (κ2) is 6.57. The molecule has 0 amide bonds. The lowest BCUT2D eigenvalue weighted by Crippen LogP contribution is -2.51. The smallest absolute Gasteiger partial charge is 0.356 e. The van der Waals surface area contributed by atoms with Crippen molar-refractivity contribution in [2.24, 2.45) is 0 Å². The first-order chi connectivity index (χ1) is 10.1. The Morgan fingerprint density at radius 2 is 2.00 bits per heavy atom. The molecule has 1 fully saturated rings. The Morgan fingerprint density at radius 1 is 1.29 bits per heavy atom. The van der Waals surface area contributed by atoms with Crippen LogP contribution >= 0.6 is 0 Å². The molecule has 1 unspecified atom stereocenters. The number of ether oxygens (including phenoxy) is 2. The quantitative estimate of drug-likeness (QED) is 0.596. The first-order valence-electron chi connectivity index (χ1n) is 7.24. The van der Waals surface area contributed by atoms with E-state index in [2.05, 4.69) is 6.58 Å². The highest BCUT2D eigenvalue weighted by molar-refractivity contribution is 5.91. The number of benzene rings is 1. The summed E-state index contributed by atoms with van der Waals surface area (Å²) in [5, 5.41) is 0. The SMILES string of the molecule is C=CC[C@@]1(c2ccccc2)OC(=O)C(CCCC)OC1=O. The summed E-state index contributed by atoms with van der Waals surface area (Å²) in [4.78, 5) is 24.7. The minimum atomic E-state index is -1.40. The summed E-state index contributed by atoms with van der Waals surface area (Å²) < 4.78 is 10.9. The average Bonchev–Trinajstić information content (AvgIpc) is 2.50. The van der Waals surface area contributed by atoms with Crippen molar-refractivity contribution in [2.45, 2.75) is 44.3 Å². The summed E-state index contributed by atoms with van der Waals surface area (Å²) >= 11 is 0. The van der Waals surface area contributed by atoms with Gasteiger partial charge < -0.3 is 9.47 Å². The van der Waals surface area contributed by atoms with E-state index in [1.165, 1.54) is 0 Å². The lowest BCUT2D eigenvalue weighted by Gasteiger charge is -2.37. The minimum absolute atomic E-state index is 0.197. The van der Waals surface area contributed by atoms with E-state index in [0.29, 0.717) is 12.0 Å². The lowest BCUT2D eigenvalue weighted by molar-refractivity contribution is -0.213. The van der Waals surface area contributed by atoms with Gasteiger partial charge in [-0.25, -0.2) is 9.59 Å². The highest BCUT2D eigenvalue weighted by Crippen LogP contribution is 2.36. The second-order valence-corrected chi connectivity index (χ2v) is 5.14. The van der Waals surface area contributed by atoms with Gasteiger partial charge in [0.2, 0.25) is 5.60 Å². The Balaban J connectivity index is 2.29. The van der Waals surface area contributed by atoms with Crippen LogP contribution in [0.2, 0.25) is 0 Å². The Labute approximate surface area is 124 Å². The van der Waals surface area contributed by atoms with Gasteiger partial charge in [0.05, 0.1) is 0 Å². The van der Waals surface area contributed by atoms with E-state index < -0.39 is 23.6 Å². The van der Waals surface area contributed by atoms with Crippen molar-refractivity contribution in [1.82, 2.24) is 0 Å². The molecule has 0 radical (unpaired) electrons. The van der Waals surface area contributed by atoms with Crippen molar-refractivity contribution < 1.29 is 19.1 Å². The third kappa shape index (κ3) is 2.99. The predicted molar refractivity (Wildman–Crippen MR) is 78.4 cm³/mol. The maximum atomic E-state index is 12.5.